The third kappa shape index (κ3) is 5.20. The third-order valence-corrected chi connectivity index (χ3v) is 6.96. The topological polar surface area (TPSA) is 69.0 Å². The molecule has 0 fully saturated rings. The van der Waals surface area contributed by atoms with Crippen molar-refractivity contribution in [2.75, 3.05) is 17.7 Å². The molecular formula is C25H34N4O2S. The number of hydrogen-bond acceptors (Lipinski definition) is 6. The molecule has 1 aliphatic heterocycles. The van der Waals surface area contributed by atoms with E-state index in [4.69, 9.17) is 14.8 Å². The molecule has 1 aromatic carbocycles. The van der Waals surface area contributed by atoms with Crippen molar-refractivity contribution in [1.82, 2.24) is 14.8 Å². The molecular weight excluding hydrogens is 420 g/mol. The van der Waals surface area contributed by atoms with Crippen molar-refractivity contribution in [3.05, 3.63) is 41.1 Å². The molecule has 0 radical (unpaired) electrons. The van der Waals surface area contributed by atoms with E-state index in [1.54, 1.807) is 11.8 Å². The molecule has 1 atom stereocenters. The predicted molar refractivity (Wildman–Crippen MR) is 129 cm³/mol. The summed E-state index contributed by atoms with van der Waals surface area (Å²) in [5.41, 5.74) is 2.89. The highest BCUT2D eigenvalue weighted by Crippen LogP contribution is 2.40. The minimum atomic E-state index is -0.235. The van der Waals surface area contributed by atoms with Crippen molar-refractivity contribution in [2.24, 2.45) is 0 Å². The predicted octanol–water partition coefficient (Wildman–Crippen LogP) is 6.15. The zero-order valence-corrected chi connectivity index (χ0v) is 20.0. The Hall–Kier alpha value is -2.28. The standard InChI is InChI=1S/C25H34N4O2S/c1-3-5-7-8-16-31-19-14-12-18(13-15-19)23-22-20(10-9-11-21(22)30)26-24-27-25(28-29(23)24)32-17-6-4-2/h12-15,23H,3-11,16-17H2,1-2H3,(H,26,27,28). The maximum absolute atomic E-state index is 12.9. The van der Waals surface area contributed by atoms with Gasteiger partial charge in [-0.1, -0.05) is 63.4 Å². The summed E-state index contributed by atoms with van der Waals surface area (Å²) < 4.78 is 7.82. The Kier molecular flexibility index (Phi) is 7.90. The number of carbonyl (C=O) groups is 1. The van der Waals surface area contributed by atoms with Crippen LogP contribution >= 0.6 is 11.8 Å². The zero-order chi connectivity index (χ0) is 22.3. The second-order valence-corrected chi connectivity index (χ2v) is 9.60. The number of allylic oxidation sites excluding steroid dienone is 2. The maximum atomic E-state index is 12.9. The Morgan fingerprint density at radius 1 is 1.09 bits per heavy atom. The van der Waals surface area contributed by atoms with Gasteiger partial charge in [-0.05, 0) is 43.4 Å². The van der Waals surface area contributed by atoms with Crippen LogP contribution in [0.3, 0.4) is 0 Å². The van der Waals surface area contributed by atoms with E-state index in [2.05, 4.69) is 31.3 Å². The van der Waals surface area contributed by atoms with Crippen LogP contribution in [0, 0.1) is 0 Å². The first kappa shape index (κ1) is 22.9. The number of fused-ring (bicyclic) bond motifs is 1. The van der Waals surface area contributed by atoms with Gasteiger partial charge in [-0.3, -0.25) is 4.79 Å². The Bertz CT molecular complexity index is 951. The first-order valence-corrected chi connectivity index (χ1v) is 13.0. The number of unbranched alkanes of at least 4 members (excludes halogenated alkanes) is 4. The summed E-state index contributed by atoms with van der Waals surface area (Å²) in [6.45, 7) is 5.14. The molecule has 172 valence electrons. The Labute approximate surface area is 195 Å². The lowest BCUT2D eigenvalue weighted by molar-refractivity contribution is -0.116. The van der Waals surface area contributed by atoms with E-state index in [0.717, 1.165) is 78.2 Å². The third-order valence-electron chi connectivity index (χ3n) is 6.04. The van der Waals surface area contributed by atoms with Crippen molar-refractivity contribution in [3.8, 4) is 5.75 Å². The number of ether oxygens (including phenoxy) is 1. The SMILES string of the molecule is CCCCCCOc1ccc(C2C3=C(CCCC3=O)Nc3nc(SCCCC)nn32)cc1. The van der Waals surface area contributed by atoms with Crippen LogP contribution in [0.4, 0.5) is 5.95 Å². The van der Waals surface area contributed by atoms with E-state index in [1.807, 2.05) is 16.8 Å². The van der Waals surface area contributed by atoms with Gasteiger partial charge in [0.15, 0.2) is 5.78 Å². The number of ketones is 1. The van der Waals surface area contributed by atoms with E-state index in [-0.39, 0.29) is 11.8 Å². The van der Waals surface area contributed by atoms with Crippen molar-refractivity contribution in [1.29, 1.82) is 0 Å². The van der Waals surface area contributed by atoms with Gasteiger partial charge in [0.25, 0.3) is 0 Å². The molecule has 0 bridgehead atoms. The molecule has 7 heteroatoms. The summed E-state index contributed by atoms with van der Waals surface area (Å²) in [5.74, 6) is 2.82. The van der Waals surface area contributed by atoms with Crippen LogP contribution in [0.25, 0.3) is 0 Å². The Morgan fingerprint density at radius 3 is 2.69 bits per heavy atom. The van der Waals surface area contributed by atoms with Crippen LogP contribution in [0.1, 0.15) is 83.2 Å². The summed E-state index contributed by atoms with van der Waals surface area (Å²) in [7, 11) is 0. The molecule has 1 unspecified atom stereocenters. The number of anilines is 1. The zero-order valence-electron chi connectivity index (χ0n) is 19.2. The van der Waals surface area contributed by atoms with Crippen LogP contribution in [-0.4, -0.2) is 32.9 Å². The van der Waals surface area contributed by atoms with Crippen LogP contribution in [-0.2, 0) is 4.79 Å². The van der Waals surface area contributed by atoms with Gasteiger partial charge in [0.05, 0.1) is 6.61 Å². The molecule has 0 saturated heterocycles. The van der Waals surface area contributed by atoms with Crippen molar-refractivity contribution in [3.63, 3.8) is 0 Å². The number of benzene rings is 1. The monoisotopic (exact) mass is 454 g/mol. The summed E-state index contributed by atoms with van der Waals surface area (Å²) in [6, 6.07) is 7.93. The normalized spacial score (nSPS) is 17.7. The lowest BCUT2D eigenvalue weighted by atomic mass is 9.85. The fraction of sp³-hybridized carbons (Fsp3) is 0.560. The van der Waals surface area contributed by atoms with Gasteiger partial charge < -0.3 is 10.1 Å². The fourth-order valence-electron chi connectivity index (χ4n) is 4.28. The van der Waals surface area contributed by atoms with Crippen molar-refractivity contribution < 1.29 is 9.53 Å². The lowest BCUT2D eigenvalue weighted by Crippen LogP contribution is -2.31. The smallest absolute Gasteiger partial charge is 0.227 e. The van der Waals surface area contributed by atoms with E-state index in [0.29, 0.717) is 6.42 Å². The quantitative estimate of drug-likeness (QED) is 0.324. The molecule has 6 nitrogen and oxygen atoms in total. The van der Waals surface area contributed by atoms with Gasteiger partial charge in [-0.15, -0.1) is 5.10 Å². The minimum absolute atomic E-state index is 0.210. The molecule has 1 aromatic heterocycles. The minimum Gasteiger partial charge on any atom is -0.494 e. The van der Waals surface area contributed by atoms with Crippen molar-refractivity contribution >= 4 is 23.5 Å². The number of rotatable bonds is 11. The van der Waals surface area contributed by atoms with Gasteiger partial charge in [0, 0.05) is 23.4 Å². The molecule has 0 spiro atoms. The first-order chi connectivity index (χ1) is 15.7. The molecule has 2 aliphatic rings. The Balaban J connectivity index is 1.56. The number of hydrogen-bond donors (Lipinski definition) is 1. The second kappa shape index (κ2) is 11.0. The van der Waals surface area contributed by atoms with Gasteiger partial charge in [-0.2, -0.15) is 4.98 Å². The highest BCUT2D eigenvalue weighted by atomic mass is 32.2. The summed E-state index contributed by atoms with van der Waals surface area (Å²) >= 11 is 1.68. The molecule has 32 heavy (non-hydrogen) atoms. The summed E-state index contributed by atoms with van der Waals surface area (Å²) in [4.78, 5) is 17.7. The molecule has 1 aliphatic carbocycles. The van der Waals surface area contributed by atoms with E-state index in [1.165, 1.54) is 19.3 Å². The highest BCUT2D eigenvalue weighted by molar-refractivity contribution is 7.99. The van der Waals surface area contributed by atoms with Crippen LogP contribution in [0.5, 0.6) is 5.75 Å². The number of aromatic nitrogens is 3. The number of nitrogens with one attached hydrogen (secondary N) is 1. The number of carbonyl (C=O) groups excluding carboxylic acids is 1. The van der Waals surface area contributed by atoms with Gasteiger partial charge in [-0.25, -0.2) is 4.68 Å². The van der Waals surface area contributed by atoms with Gasteiger partial charge in [0.2, 0.25) is 11.1 Å². The van der Waals surface area contributed by atoms with Gasteiger partial charge >= 0.3 is 0 Å². The van der Waals surface area contributed by atoms with E-state index in [9.17, 15) is 4.79 Å². The number of thioether (sulfide) groups is 1. The van der Waals surface area contributed by atoms with Gasteiger partial charge in [0.1, 0.15) is 11.8 Å². The van der Waals surface area contributed by atoms with Crippen LogP contribution in [0.2, 0.25) is 0 Å². The van der Waals surface area contributed by atoms with Crippen molar-refractivity contribution in [2.45, 2.75) is 82.8 Å². The highest BCUT2D eigenvalue weighted by Gasteiger charge is 2.36. The Morgan fingerprint density at radius 2 is 1.91 bits per heavy atom. The average molecular weight is 455 g/mol. The second-order valence-electron chi connectivity index (χ2n) is 8.54. The van der Waals surface area contributed by atoms with Crippen LogP contribution in [0.15, 0.2) is 40.7 Å². The molecule has 1 N–H and O–H groups in total. The molecule has 2 aromatic rings. The molecule has 0 saturated carbocycles. The van der Waals surface area contributed by atoms with Crippen LogP contribution < -0.4 is 10.1 Å². The molecule has 2 heterocycles. The lowest BCUT2D eigenvalue weighted by Gasteiger charge is -2.32. The largest absolute Gasteiger partial charge is 0.494 e. The number of Topliss-reactive ketones (excluding diaryl/α,β-unsaturated/α-hetero) is 1. The molecule has 4 rings (SSSR count). The van der Waals surface area contributed by atoms with E-state index < -0.39 is 0 Å². The molecule has 0 amide bonds. The number of nitrogens with zero attached hydrogens (tertiary/aromatic N) is 3. The fourth-order valence-corrected chi connectivity index (χ4v) is 5.19. The summed E-state index contributed by atoms with van der Waals surface area (Å²) in [6.07, 6.45) is 9.41. The first-order valence-electron chi connectivity index (χ1n) is 12.1. The van der Waals surface area contributed by atoms with E-state index >= 15 is 0 Å². The summed E-state index contributed by atoms with van der Waals surface area (Å²) in [5, 5.41) is 8.97. The average Bonchev–Trinajstić information content (AvgIpc) is 3.21. The maximum Gasteiger partial charge on any atom is 0.227 e.